The first kappa shape index (κ1) is 46.5. The molecule has 16 nitrogen and oxygen atoms in total. The number of ether oxygens (including phenoxy) is 5. The van der Waals surface area contributed by atoms with Crippen LogP contribution in [0.4, 0.5) is 9.18 Å². The van der Waals surface area contributed by atoms with Crippen LogP contribution in [0.2, 0.25) is 0 Å². The highest BCUT2D eigenvalue weighted by molar-refractivity contribution is 6.07. The van der Waals surface area contributed by atoms with E-state index in [0.717, 1.165) is 12.6 Å². The SMILES string of the molecule is CC[C@H]1OC(=O)C(C)(F)C(=O)[C@H](C)[C@@H](O[C@@H]2O[C@H](C)CC(N(C)C)C2O)[C@](C)(OC)C[C@@H](C)CN[C@H](C)[C@H]2N(CCCCn3cc(-c4ccccn4)nn3)C(=O)O[C@]12C. The molecular formula is C42H66FN7O9. The van der Waals surface area contributed by atoms with Gasteiger partial charge in [0.1, 0.15) is 17.9 Å². The Bertz CT molecular complexity index is 1730. The second-order valence-corrected chi connectivity index (χ2v) is 17.6. The van der Waals surface area contributed by atoms with Crippen molar-refractivity contribution in [2.75, 3.05) is 34.3 Å². The Labute approximate surface area is 347 Å². The number of esters is 1. The number of fused-ring (bicyclic) bond motifs is 1. The minimum atomic E-state index is -3.13. The molecule has 0 radical (unpaired) electrons. The molecule has 17 heteroatoms. The van der Waals surface area contributed by atoms with Crippen LogP contribution in [0.25, 0.3) is 11.4 Å². The fourth-order valence-corrected chi connectivity index (χ4v) is 9.26. The third kappa shape index (κ3) is 9.97. The Hall–Kier alpha value is -3.61. The molecule has 1 amide bonds. The molecule has 3 fully saturated rings. The van der Waals surface area contributed by atoms with Gasteiger partial charge < -0.3 is 39.0 Å². The molecule has 3 unspecified atom stereocenters. The average molecular weight is 832 g/mol. The Balaban J connectivity index is 1.41. The number of pyridine rings is 1. The molecule has 59 heavy (non-hydrogen) atoms. The number of hydrogen-bond acceptors (Lipinski definition) is 14. The summed E-state index contributed by atoms with van der Waals surface area (Å²) in [6, 6.07) is 4.24. The summed E-state index contributed by atoms with van der Waals surface area (Å²) in [5.74, 6) is -3.85. The Morgan fingerprint density at radius 1 is 1.07 bits per heavy atom. The number of rotatable bonds is 11. The highest BCUT2D eigenvalue weighted by Crippen LogP contribution is 2.41. The predicted molar refractivity (Wildman–Crippen MR) is 216 cm³/mol. The topological polar surface area (TPSA) is 180 Å². The van der Waals surface area contributed by atoms with Crippen molar-refractivity contribution in [1.82, 2.24) is 35.1 Å². The van der Waals surface area contributed by atoms with Gasteiger partial charge in [-0.05, 0) is 105 Å². The van der Waals surface area contributed by atoms with Crippen molar-refractivity contribution in [3.8, 4) is 11.4 Å². The van der Waals surface area contributed by atoms with Gasteiger partial charge in [-0.2, -0.15) is 0 Å². The van der Waals surface area contributed by atoms with Crippen LogP contribution in [0.15, 0.2) is 30.6 Å². The number of nitrogens with zero attached hydrogens (tertiary/aromatic N) is 6. The summed E-state index contributed by atoms with van der Waals surface area (Å²) < 4.78 is 49.5. The fraction of sp³-hybridized carbons (Fsp3) is 0.762. The number of methoxy groups -OCH3 is 1. The molecule has 0 saturated carbocycles. The number of carbonyl (C=O) groups excluding carboxylic acids is 3. The first-order chi connectivity index (χ1) is 27.8. The number of amides is 1. The third-order valence-corrected chi connectivity index (χ3v) is 12.6. The molecule has 5 rings (SSSR count). The molecule has 3 aliphatic rings. The monoisotopic (exact) mass is 831 g/mol. The minimum Gasteiger partial charge on any atom is -0.455 e. The average Bonchev–Trinajstić information content (AvgIpc) is 3.78. The van der Waals surface area contributed by atoms with E-state index in [9.17, 15) is 19.5 Å². The maximum Gasteiger partial charge on any atom is 0.410 e. The number of aryl methyl sites for hydroxylation is 1. The van der Waals surface area contributed by atoms with Gasteiger partial charge in [0.15, 0.2) is 17.7 Å². The van der Waals surface area contributed by atoms with Crippen molar-refractivity contribution in [1.29, 1.82) is 0 Å². The van der Waals surface area contributed by atoms with Crippen LogP contribution in [0.3, 0.4) is 0 Å². The Kier molecular flexibility index (Phi) is 14.9. The molecule has 0 bridgehead atoms. The molecule has 2 aromatic rings. The molecule has 2 aromatic heterocycles. The number of halogens is 1. The molecule has 330 valence electrons. The van der Waals surface area contributed by atoms with Gasteiger partial charge in [-0.1, -0.05) is 32.1 Å². The Morgan fingerprint density at radius 2 is 1.78 bits per heavy atom. The van der Waals surface area contributed by atoms with Crippen molar-refractivity contribution in [3.63, 3.8) is 0 Å². The molecular weight excluding hydrogens is 765 g/mol. The summed E-state index contributed by atoms with van der Waals surface area (Å²) in [5.41, 5.74) is -4.38. The van der Waals surface area contributed by atoms with E-state index in [0.29, 0.717) is 51.0 Å². The number of aliphatic hydroxyl groups excluding tert-OH is 1. The highest BCUT2D eigenvalue weighted by Gasteiger charge is 2.60. The van der Waals surface area contributed by atoms with Crippen LogP contribution in [-0.4, -0.2) is 153 Å². The van der Waals surface area contributed by atoms with Crippen molar-refractivity contribution >= 4 is 17.8 Å². The summed E-state index contributed by atoms with van der Waals surface area (Å²) >= 11 is 0. The molecule has 0 aliphatic carbocycles. The smallest absolute Gasteiger partial charge is 0.410 e. The lowest BCUT2D eigenvalue weighted by Crippen LogP contribution is -2.61. The predicted octanol–water partition coefficient (Wildman–Crippen LogP) is 4.19. The molecule has 3 aliphatic heterocycles. The summed E-state index contributed by atoms with van der Waals surface area (Å²) in [6.45, 7) is 14.8. The number of nitrogens with one attached hydrogen (secondary N) is 1. The molecule has 5 heterocycles. The van der Waals surface area contributed by atoms with E-state index in [1.807, 2.05) is 64.2 Å². The quantitative estimate of drug-likeness (QED) is 0.187. The summed E-state index contributed by atoms with van der Waals surface area (Å²) in [7, 11) is 5.20. The molecule has 3 saturated heterocycles. The van der Waals surface area contributed by atoms with Crippen LogP contribution in [0.1, 0.15) is 87.5 Å². The van der Waals surface area contributed by atoms with E-state index >= 15 is 4.39 Å². The van der Waals surface area contributed by atoms with Crippen molar-refractivity contribution in [2.24, 2.45) is 11.8 Å². The maximum absolute atomic E-state index is 16.9. The highest BCUT2D eigenvalue weighted by atomic mass is 19.1. The lowest BCUT2D eigenvalue weighted by Gasteiger charge is -2.47. The number of unbranched alkanes of at least 4 members (excludes halogenated alkanes) is 1. The molecule has 0 spiro atoms. The zero-order chi connectivity index (χ0) is 43.4. The lowest BCUT2D eigenvalue weighted by atomic mass is 9.78. The largest absolute Gasteiger partial charge is 0.455 e. The van der Waals surface area contributed by atoms with E-state index < -0.39 is 77.3 Å². The van der Waals surface area contributed by atoms with Gasteiger partial charge in [0.25, 0.3) is 5.67 Å². The van der Waals surface area contributed by atoms with E-state index in [1.165, 1.54) is 14.0 Å². The van der Waals surface area contributed by atoms with Crippen LogP contribution in [0.5, 0.6) is 0 Å². The number of alkyl halides is 1. The van der Waals surface area contributed by atoms with Crippen LogP contribution < -0.4 is 5.32 Å². The number of carbonyl (C=O) groups is 3. The van der Waals surface area contributed by atoms with Crippen LogP contribution in [0, 0.1) is 11.8 Å². The zero-order valence-electron chi connectivity index (χ0n) is 36.6. The minimum absolute atomic E-state index is 0.112. The van der Waals surface area contributed by atoms with Crippen LogP contribution in [-0.2, 0) is 39.8 Å². The summed E-state index contributed by atoms with van der Waals surface area (Å²) in [4.78, 5) is 49.9. The number of ketones is 1. The normalized spacial score (nSPS) is 37.7. The summed E-state index contributed by atoms with van der Waals surface area (Å²) in [6.07, 6.45) is 0.450. The van der Waals surface area contributed by atoms with Gasteiger partial charge in [0, 0.05) is 44.4 Å². The van der Waals surface area contributed by atoms with Gasteiger partial charge in [0.05, 0.1) is 35.7 Å². The number of likely N-dealkylation sites (N-methyl/N-ethyl adjacent to an activating group) is 1. The number of hydrogen-bond donors (Lipinski definition) is 2. The lowest BCUT2D eigenvalue weighted by molar-refractivity contribution is -0.295. The maximum atomic E-state index is 16.9. The molecule has 2 N–H and O–H groups in total. The number of Topliss-reactive ketones (excluding diaryl/α,β-unsaturated/α-hetero) is 1. The second-order valence-electron chi connectivity index (χ2n) is 17.6. The molecule has 0 aromatic carbocycles. The van der Waals surface area contributed by atoms with Crippen molar-refractivity contribution < 1.29 is 47.6 Å². The number of aromatic nitrogens is 4. The number of cyclic esters (lactones) is 1. The first-order valence-electron chi connectivity index (χ1n) is 21.0. The van der Waals surface area contributed by atoms with Gasteiger partial charge in [-0.25, -0.2) is 14.0 Å². The van der Waals surface area contributed by atoms with E-state index in [1.54, 1.807) is 36.5 Å². The Morgan fingerprint density at radius 3 is 2.42 bits per heavy atom. The van der Waals surface area contributed by atoms with Crippen LogP contribution >= 0.6 is 0 Å². The van der Waals surface area contributed by atoms with Crippen molar-refractivity contribution in [2.45, 2.75) is 160 Å². The van der Waals surface area contributed by atoms with E-state index in [2.05, 4.69) is 20.6 Å². The van der Waals surface area contributed by atoms with Gasteiger partial charge in [-0.3, -0.25) is 19.4 Å². The third-order valence-electron chi connectivity index (χ3n) is 12.6. The van der Waals surface area contributed by atoms with Gasteiger partial charge in [-0.15, -0.1) is 5.10 Å². The first-order valence-corrected chi connectivity index (χ1v) is 21.0. The number of aliphatic hydroxyl groups is 1. The standard InChI is InChI=1S/C42H66FN7O9/c1-12-32-42(8)34(50(39(54)59-42)20-16-15-19-49-24-30(46-47-49)29-17-13-14-18-44-29)28(5)45-23-25(2)22-40(6,55-11)36(27(4)35(52)41(7,43)38(53)57-32)58-37-33(51)31(48(9)10)21-26(3)56-37/h13-14,17-18,24-28,31-34,36-37,45,51H,12,15-16,19-23H2,1-11H3/t25-,26-,27+,28-,31?,32-,33?,34-,36-,37+,40-,41?,42-/m1/s1. The zero-order valence-corrected chi connectivity index (χ0v) is 36.6. The van der Waals surface area contributed by atoms with E-state index in [4.69, 9.17) is 23.7 Å². The fourth-order valence-electron chi connectivity index (χ4n) is 9.26. The molecule has 13 atom stereocenters. The van der Waals surface area contributed by atoms with Gasteiger partial charge in [0.2, 0.25) is 0 Å². The van der Waals surface area contributed by atoms with Gasteiger partial charge >= 0.3 is 12.1 Å². The van der Waals surface area contributed by atoms with Crippen molar-refractivity contribution in [3.05, 3.63) is 30.6 Å². The second kappa shape index (κ2) is 19.0. The van der Waals surface area contributed by atoms with E-state index in [-0.39, 0.29) is 24.5 Å². The summed E-state index contributed by atoms with van der Waals surface area (Å²) in [5, 5.41) is 23.5.